The predicted octanol–water partition coefficient (Wildman–Crippen LogP) is 2.74. The lowest BCUT2D eigenvalue weighted by atomic mass is 10.1. The molecule has 0 bridgehead atoms. The lowest BCUT2D eigenvalue weighted by molar-refractivity contribution is 0.386. The number of nitrogens with zero attached hydrogens (tertiary/aromatic N) is 3. The molecule has 0 saturated carbocycles. The summed E-state index contributed by atoms with van der Waals surface area (Å²) in [5, 5.41) is 10.5. The van der Waals surface area contributed by atoms with Gasteiger partial charge in [0.25, 0.3) is 0 Å². The van der Waals surface area contributed by atoms with Crippen molar-refractivity contribution in [3.8, 4) is 17.0 Å². The van der Waals surface area contributed by atoms with Gasteiger partial charge in [-0.15, -0.1) is 0 Å². The smallest absolute Gasteiger partial charge is 0.165 e. The highest BCUT2D eigenvalue weighted by Crippen LogP contribution is 2.26. The molecule has 2 heterocycles. The maximum atomic E-state index is 13.9. The van der Waals surface area contributed by atoms with Gasteiger partial charge in [-0.25, -0.2) is 4.39 Å². The number of aromatic amines is 1. The quantitative estimate of drug-likeness (QED) is 0.691. The van der Waals surface area contributed by atoms with Crippen molar-refractivity contribution >= 4 is 0 Å². The van der Waals surface area contributed by atoms with Crippen LogP contribution in [0.4, 0.5) is 4.39 Å². The van der Waals surface area contributed by atoms with E-state index in [1.807, 2.05) is 6.07 Å². The third-order valence-corrected chi connectivity index (χ3v) is 3.93. The fourth-order valence-electron chi connectivity index (χ4n) is 2.62. The number of benzene rings is 1. The number of H-pyrrole nitrogens is 1. The van der Waals surface area contributed by atoms with E-state index in [2.05, 4.69) is 32.4 Å². The molecule has 0 radical (unpaired) electrons. The Balaban J connectivity index is 1.67. The maximum Gasteiger partial charge on any atom is 0.165 e. The average molecular weight is 341 g/mol. The summed E-state index contributed by atoms with van der Waals surface area (Å²) in [5.41, 5.74) is 3.43. The summed E-state index contributed by atoms with van der Waals surface area (Å²) in [7, 11) is 1.45. The van der Waals surface area contributed by atoms with Crippen molar-refractivity contribution in [1.82, 2.24) is 25.5 Å². The van der Waals surface area contributed by atoms with Crippen LogP contribution < -0.4 is 10.1 Å². The SMILES string of the molecule is COc1ccc(-c2[nH]ncc2CNC(C)Cc2cnccn2)cc1F. The molecule has 130 valence electrons. The third-order valence-electron chi connectivity index (χ3n) is 3.93. The van der Waals surface area contributed by atoms with Crippen LogP contribution in [-0.2, 0) is 13.0 Å². The predicted molar refractivity (Wildman–Crippen MR) is 92.6 cm³/mol. The van der Waals surface area contributed by atoms with Gasteiger partial charge in [0.15, 0.2) is 11.6 Å². The second kappa shape index (κ2) is 7.85. The molecular weight excluding hydrogens is 321 g/mol. The molecule has 0 aliphatic rings. The van der Waals surface area contributed by atoms with Gasteiger partial charge < -0.3 is 10.1 Å². The fraction of sp³-hybridized carbons (Fsp3) is 0.278. The number of rotatable bonds is 7. The number of hydrogen-bond acceptors (Lipinski definition) is 5. The topological polar surface area (TPSA) is 75.7 Å². The molecule has 0 fully saturated rings. The van der Waals surface area contributed by atoms with Crippen molar-refractivity contribution < 1.29 is 9.13 Å². The molecule has 0 saturated heterocycles. The minimum atomic E-state index is -0.399. The number of nitrogens with one attached hydrogen (secondary N) is 2. The van der Waals surface area contributed by atoms with Crippen molar-refractivity contribution in [2.24, 2.45) is 0 Å². The Morgan fingerprint density at radius 1 is 1.28 bits per heavy atom. The van der Waals surface area contributed by atoms with Crippen LogP contribution in [0.2, 0.25) is 0 Å². The summed E-state index contributed by atoms with van der Waals surface area (Å²) >= 11 is 0. The van der Waals surface area contributed by atoms with Gasteiger partial charge in [-0.3, -0.25) is 15.1 Å². The number of aromatic nitrogens is 4. The highest BCUT2D eigenvalue weighted by Gasteiger charge is 2.12. The van der Waals surface area contributed by atoms with Crippen molar-refractivity contribution in [2.75, 3.05) is 7.11 Å². The van der Waals surface area contributed by atoms with E-state index in [-0.39, 0.29) is 11.8 Å². The molecule has 1 unspecified atom stereocenters. The first-order chi connectivity index (χ1) is 12.2. The largest absolute Gasteiger partial charge is 0.494 e. The van der Waals surface area contributed by atoms with E-state index in [4.69, 9.17) is 4.74 Å². The number of halogens is 1. The first kappa shape index (κ1) is 17.0. The second-order valence-electron chi connectivity index (χ2n) is 5.80. The Labute approximate surface area is 145 Å². The Morgan fingerprint density at radius 3 is 2.88 bits per heavy atom. The normalized spacial score (nSPS) is 12.1. The Morgan fingerprint density at radius 2 is 2.16 bits per heavy atom. The molecule has 3 aromatic rings. The molecule has 7 heteroatoms. The van der Waals surface area contributed by atoms with E-state index in [1.54, 1.807) is 30.9 Å². The number of ether oxygens (including phenoxy) is 1. The van der Waals surface area contributed by atoms with Crippen LogP contribution in [0.15, 0.2) is 43.0 Å². The van der Waals surface area contributed by atoms with Gasteiger partial charge in [-0.05, 0) is 25.1 Å². The zero-order chi connectivity index (χ0) is 17.6. The van der Waals surface area contributed by atoms with Gasteiger partial charge in [-0.1, -0.05) is 0 Å². The second-order valence-corrected chi connectivity index (χ2v) is 5.80. The van der Waals surface area contributed by atoms with Crippen LogP contribution in [0.3, 0.4) is 0 Å². The van der Waals surface area contributed by atoms with Gasteiger partial charge in [0, 0.05) is 48.7 Å². The minimum Gasteiger partial charge on any atom is -0.494 e. The summed E-state index contributed by atoms with van der Waals surface area (Å²) in [6.07, 6.45) is 7.64. The van der Waals surface area contributed by atoms with Crippen molar-refractivity contribution in [2.45, 2.75) is 25.9 Å². The molecule has 6 nitrogen and oxygen atoms in total. The van der Waals surface area contributed by atoms with E-state index in [0.717, 1.165) is 28.9 Å². The van der Waals surface area contributed by atoms with Crippen LogP contribution in [0.25, 0.3) is 11.3 Å². The highest BCUT2D eigenvalue weighted by molar-refractivity contribution is 5.63. The van der Waals surface area contributed by atoms with Gasteiger partial charge in [0.1, 0.15) is 0 Å². The van der Waals surface area contributed by atoms with Crippen LogP contribution in [0, 0.1) is 5.82 Å². The fourth-order valence-corrected chi connectivity index (χ4v) is 2.62. The van der Waals surface area contributed by atoms with E-state index in [0.29, 0.717) is 6.54 Å². The molecule has 25 heavy (non-hydrogen) atoms. The molecule has 0 aliphatic carbocycles. The van der Waals surface area contributed by atoms with E-state index >= 15 is 0 Å². The van der Waals surface area contributed by atoms with E-state index in [9.17, 15) is 4.39 Å². The summed E-state index contributed by atoms with van der Waals surface area (Å²) in [6.45, 7) is 2.70. The molecule has 3 rings (SSSR count). The molecule has 0 amide bonds. The maximum absolute atomic E-state index is 13.9. The monoisotopic (exact) mass is 341 g/mol. The van der Waals surface area contributed by atoms with Crippen LogP contribution in [0.1, 0.15) is 18.2 Å². The van der Waals surface area contributed by atoms with Crippen LogP contribution in [0.5, 0.6) is 5.75 Å². The zero-order valence-corrected chi connectivity index (χ0v) is 14.2. The molecule has 2 N–H and O–H groups in total. The Hall–Kier alpha value is -2.80. The third kappa shape index (κ3) is 4.19. The first-order valence-electron chi connectivity index (χ1n) is 8.02. The molecule has 0 spiro atoms. The van der Waals surface area contributed by atoms with Gasteiger partial charge >= 0.3 is 0 Å². The van der Waals surface area contributed by atoms with Crippen molar-refractivity contribution in [1.29, 1.82) is 0 Å². The number of methoxy groups -OCH3 is 1. The summed E-state index contributed by atoms with van der Waals surface area (Å²) in [6, 6.07) is 5.08. The average Bonchev–Trinajstić information content (AvgIpc) is 3.09. The standard InChI is InChI=1S/C18H20FN5O/c1-12(7-15-11-20-5-6-21-15)22-9-14-10-23-24-18(14)13-3-4-17(25-2)16(19)8-13/h3-6,8,10-12,22H,7,9H2,1-2H3,(H,23,24). The van der Waals surface area contributed by atoms with Gasteiger partial charge in [0.2, 0.25) is 0 Å². The van der Waals surface area contributed by atoms with Crippen molar-refractivity contribution in [3.05, 3.63) is 60.1 Å². The minimum absolute atomic E-state index is 0.215. The first-order valence-corrected chi connectivity index (χ1v) is 8.02. The molecule has 0 aliphatic heterocycles. The lowest BCUT2D eigenvalue weighted by Crippen LogP contribution is -2.28. The molecule has 1 atom stereocenters. The summed E-state index contributed by atoms with van der Waals surface area (Å²) in [4.78, 5) is 8.35. The van der Waals surface area contributed by atoms with E-state index in [1.165, 1.54) is 13.2 Å². The molecule has 2 aromatic heterocycles. The van der Waals surface area contributed by atoms with Crippen LogP contribution >= 0.6 is 0 Å². The Kier molecular flexibility index (Phi) is 5.35. The zero-order valence-electron chi connectivity index (χ0n) is 14.2. The summed E-state index contributed by atoms with van der Waals surface area (Å²) in [5.74, 6) is -0.176. The molecular formula is C18H20FN5O. The van der Waals surface area contributed by atoms with Crippen molar-refractivity contribution in [3.63, 3.8) is 0 Å². The van der Waals surface area contributed by atoms with Gasteiger partial charge in [0.05, 0.1) is 24.7 Å². The molecule has 1 aromatic carbocycles. The Bertz CT molecular complexity index is 821. The lowest BCUT2D eigenvalue weighted by Gasteiger charge is -2.13. The highest BCUT2D eigenvalue weighted by atomic mass is 19.1. The van der Waals surface area contributed by atoms with Gasteiger partial charge in [-0.2, -0.15) is 5.10 Å². The van der Waals surface area contributed by atoms with E-state index < -0.39 is 5.82 Å². The number of hydrogen-bond donors (Lipinski definition) is 2. The summed E-state index contributed by atoms with van der Waals surface area (Å²) < 4.78 is 18.9. The van der Waals surface area contributed by atoms with Crippen LogP contribution in [-0.4, -0.2) is 33.3 Å².